The van der Waals surface area contributed by atoms with Gasteiger partial charge in [0.1, 0.15) is 10.1 Å². The van der Waals surface area contributed by atoms with Crippen molar-refractivity contribution in [1.82, 2.24) is 26.2 Å². The average molecular weight is 674 g/mol. The van der Waals surface area contributed by atoms with Gasteiger partial charge in [0.15, 0.2) is 0 Å². The molecule has 0 saturated heterocycles. The molecule has 42 heavy (non-hydrogen) atoms. The molecule has 4 aliphatic heterocycles. The summed E-state index contributed by atoms with van der Waals surface area (Å²) in [7, 11) is 0. The molecule has 15 nitrogen and oxygen atoms in total. The molecule has 0 atom stereocenters. The predicted octanol–water partition coefficient (Wildman–Crippen LogP) is -3.54. The Morgan fingerprint density at radius 1 is 0.738 bits per heavy atom. The van der Waals surface area contributed by atoms with Crippen LogP contribution in [0.5, 0.6) is 0 Å². The summed E-state index contributed by atoms with van der Waals surface area (Å²) in [5.74, 6) is -2.34. The molecule has 0 fully saturated rings. The summed E-state index contributed by atoms with van der Waals surface area (Å²) in [6, 6.07) is 5.26. The van der Waals surface area contributed by atoms with Crippen molar-refractivity contribution in [3.63, 3.8) is 0 Å². The Labute approximate surface area is 265 Å². The molecule has 2 aromatic rings. The molecule has 4 bridgehead atoms. The second-order valence-electron chi connectivity index (χ2n) is 8.76. The van der Waals surface area contributed by atoms with Crippen molar-refractivity contribution in [1.29, 1.82) is 0 Å². The third-order valence-electron chi connectivity index (χ3n) is 6.01. The normalized spacial score (nSPS) is 16.6. The number of nitrogens with zero attached hydrogens (tertiary/aromatic N) is 3. The van der Waals surface area contributed by atoms with E-state index in [4.69, 9.17) is 35.7 Å². The number of hydrogen-bond donors (Lipinski definition) is 7. The van der Waals surface area contributed by atoms with Gasteiger partial charge in [0.05, 0.1) is 24.3 Å². The summed E-state index contributed by atoms with van der Waals surface area (Å²) in [4.78, 5) is 52.3. The molecule has 0 radical (unpaired) electrons. The Balaban J connectivity index is 0.00000616. The Hall–Kier alpha value is -3.28. The fourth-order valence-electron chi connectivity index (χ4n) is 3.86. The van der Waals surface area contributed by atoms with Crippen molar-refractivity contribution in [2.45, 2.75) is 10.1 Å². The average Bonchev–Trinajstić information content (AvgIpc) is 2.94. The van der Waals surface area contributed by atoms with Crippen LogP contribution in [-0.2, 0) is 49.5 Å². The van der Waals surface area contributed by atoms with E-state index in [1.54, 1.807) is 0 Å². The first-order valence-electron chi connectivity index (χ1n) is 12.7. The van der Waals surface area contributed by atoms with Gasteiger partial charge in [-0.25, -0.2) is 0 Å². The van der Waals surface area contributed by atoms with Crippen molar-refractivity contribution in [2.24, 2.45) is 5.73 Å². The standard InChI is InChI=1S/C24H32N8O7S2.Zn/c25-5-10-30-11-6-26-19(33)15-1-3-17(31(37)23(15)40)21(35)28-8-13-39-14-9-29-22(36)18-4-2-16(24(41)32(18)38)20(34)27-7-12-30;/h1-4,37-38H,5-14,25H2,(H4,26,27,28,29,33,34,35,36);/q;+2. The summed E-state index contributed by atoms with van der Waals surface area (Å²) < 4.78 is 6.32. The number of nitrogens with two attached hydrogens (primary N) is 1. The van der Waals surface area contributed by atoms with E-state index in [-0.39, 0.29) is 91.4 Å². The third kappa shape index (κ3) is 9.11. The van der Waals surface area contributed by atoms with Gasteiger partial charge >= 0.3 is 42.7 Å². The fourth-order valence-corrected chi connectivity index (χ4v) is 4.38. The van der Waals surface area contributed by atoms with Gasteiger partial charge in [-0.05, 0) is 21.6 Å². The molecule has 18 heteroatoms. The van der Waals surface area contributed by atoms with E-state index in [2.05, 4.69) is 21.3 Å². The molecule has 0 unspecified atom stereocenters. The molecule has 4 aliphatic rings. The third-order valence-corrected chi connectivity index (χ3v) is 6.79. The molecule has 0 saturated carbocycles. The number of hydrogen-bond acceptors (Lipinski definition) is 11. The molecule has 4 amide bonds. The van der Waals surface area contributed by atoms with Crippen molar-refractivity contribution in [3.05, 3.63) is 46.8 Å². The maximum absolute atomic E-state index is 12.7. The zero-order chi connectivity index (χ0) is 29.9. The number of carbonyl (C=O) groups is 4. The second kappa shape index (κ2) is 17.0. The van der Waals surface area contributed by atoms with Gasteiger partial charge in [0.25, 0.3) is 11.8 Å². The number of rotatable bonds is 2. The van der Waals surface area contributed by atoms with Crippen LogP contribution >= 0.6 is 0 Å². The van der Waals surface area contributed by atoms with E-state index in [1.807, 2.05) is 4.90 Å². The van der Waals surface area contributed by atoms with Crippen LogP contribution in [0.3, 0.4) is 0 Å². The summed E-state index contributed by atoms with van der Waals surface area (Å²) in [5.41, 5.74) is 5.39. The number of aromatic nitrogens is 2. The summed E-state index contributed by atoms with van der Waals surface area (Å²) in [6.07, 6.45) is 0. The Morgan fingerprint density at radius 3 is 1.55 bits per heavy atom. The summed E-state index contributed by atoms with van der Waals surface area (Å²) in [5, 5.41) is 30.9. The van der Waals surface area contributed by atoms with E-state index in [0.29, 0.717) is 35.6 Å². The first-order valence-corrected chi connectivity index (χ1v) is 13.5. The van der Waals surface area contributed by atoms with Gasteiger partial charge in [-0.15, -0.1) is 0 Å². The van der Waals surface area contributed by atoms with Crippen molar-refractivity contribution in [3.8, 4) is 0 Å². The predicted molar refractivity (Wildman–Crippen MR) is 145 cm³/mol. The fraction of sp³-hybridized carbons (Fsp3) is 0.417. The van der Waals surface area contributed by atoms with Crippen molar-refractivity contribution in [2.75, 3.05) is 65.6 Å². The van der Waals surface area contributed by atoms with Gasteiger partial charge < -0.3 is 57.0 Å². The summed E-state index contributed by atoms with van der Waals surface area (Å²) in [6.45, 7) is 2.37. The smallest absolute Gasteiger partial charge is 0.705 e. The first kappa shape index (κ1) is 34.9. The first-order chi connectivity index (χ1) is 19.6. The Bertz CT molecular complexity index is 1210. The minimum absolute atomic E-state index is 0. The van der Waals surface area contributed by atoms with Crippen LogP contribution in [0.15, 0.2) is 34.3 Å². The van der Waals surface area contributed by atoms with Gasteiger partial charge in [-0.3, -0.25) is 34.5 Å². The topological polar surface area (TPSA) is 203 Å². The van der Waals surface area contributed by atoms with E-state index in [0.717, 1.165) is 0 Å². The van der Waals surface area contributed by atoms with Crippen LogP contribution in [0.1, 0.15) is 41.7 Å². The largest absolute Gasteiger partial charge is 2.00 e. The minimum Gasteiger partial charge on any atom is -0.705 e. The maximum Gasteiger partial charge on any atom is 2.00 e. The van der Waals surface area contributed by atoms with E-state index < -0.39 is 23.6 Å². The van der Waals surface area contributed by atoms with E-state index >= 15 is 0 Å². The van der Waals surface area contributed by atoms with Gasteiger partial charge in [-0.2, -0.15) is 0 Å². The molecule has 222 valence electrons. The van der Waals surface area contributed by atoms with Crippen LogP contribution in [0.2, 0.25) is 0 Å². The second-order valence-corrected chi connectivity index (χ2v) is 9.54. The van der Waals surface area contributed by atoms with Crippen LogP contribution in [0.4, 0.5) is 0 Å². The molecule has 6 heterocycles. The molecule has 2 aromatic heterocycles. The zero-order valence-electron chi connectivity index (χ0n) is 22.8. The van der Waals surface area contributed by atoms with E-state index in [1.165, 1.54) is 24.3 Å². The maximum atomic E-state index is 12.7. The number of amides is 4. The molecule has 0 aromatic carbocycles. The number of carbonyl (C=O) groups excluding carboxylic acids is 4. The van der Waals surface area contributed by atoms with E-state index in [9.17, 15) is 29.6 Å². The van der Waals surface area contributed by atoms with Crippen LogP contribution in [0, 0.1) is 0 Å². The molecular weight excluding hydrogens is 642 g/mol. The van der Waals surface area contributed by atoms with Crippen molar-refractivity contribution < 1.29 is 63.3 Å². The van der Waals surface area contributed by atoms with Crippen LogP contribution in [0.25, 0.3) is 0 Å². The number of nitrogens with one attached hydrogen (secondary N) is 4. The SMILES string of the molecule is NCCN1CCNC(=O)c2ccc([n+](O)c2[S-])C(=O)NCCOCCNC(=O)c2ccc(c([S-])[n+]2O)C(=O)NCC1.[Zn+2]. The van der Waals surface area contributed by atoms with Crippen LogP contribution in [-0.4, -0.2) is 105 Å². The molecule has 8 N–H and O–H groups in total. The minimum atomic E-state index is -0.635. The molecular formula is C24H32N8O7S2Zn+2. The van der Waals surface area contributed by atoms with Gasteiger partial charge in [0.2, 0.25) is 0 Å². The van der Waals surface area contributed by atoms with Gasteiger partial charge in [0, 0.05) is 64.5 Å². The monoisotopic (exact) mass is 672 g/mol. The molecule has 0 spiro atoms. The Morgan fingerprint density at radius 2 is 1.14 bits per heavy atom. The zero-order valence-corrected chi connectivity index (χ0v) is 27.4. The quantitative estimate of drug-likeness (QED) is 0.0720. The van der Waals surface area contributed by atoms with Gasteiger partial charge in [-0.1, -0.05) is 0 Å². The Kier molecular flexibility index (Phi) is 14.1. The number of ether oxygens (including phenoxy) is 1. The van der Waals surface area contributed by atoms with Crippen LogP contribution < -0.4 is 36.5 Å². The molecule has 0 aliphatic carbocycles. The van der Waals surface area contributed by atoms with Crippen molar-refractivity contribution >= 4 is 48.9 Å². The molecule has 6 rings (SSSR count). The number of pyridine rings is 2. The summed E-state index contributed by atoms with van der Waals surface area (Å²) >= 11 is 10.4.